The fourth-order valence-electron chi connectivity index (χ4n) is 4.38. The maximum absolute atomic E-state index is 13.5. The van der Waals surface area contributed by atoms with Crippen molar-refractivity contribution in [2.75, 3.05) is 33.8 Å². The standard InChI is InChI=1S/C22H24Cl2N2O2/c1-25-20(13-26-9-3-4-10-26)16-7-6-15(28-2)12-17(16)21(22(25)27)14-5-8-18(23)19(24)11-14/h5-8,11-12,20-21H,3-4,9-10,13H2,1-2H3. The first kappa shape index (κ1) is 19.6. The fourth-order valence-corrected chi connectivity index (χ4v) is 4.68. The first-order chi connectivity index (χ1) is 13.5. The predicted molar refractivity (Wildman–Crippen MR) is 112 cm³/mol. The summed E-state index contributed by atoms with van der Waals surface area (Å²) in [5, 5.41) is 0.943. The van der Waals surface area contributed by atoms with Crippen molar-refractivity contribution >= 4 is 29.1 Å². The molecule has 0 aliphatic carbocycles. The van der Waals surface area contributed by atoms with Crippen molar-refractivity contribution in [2.24, 2.45) is 0 Å². The Morgan fingerprint density at radius 2 is 1.79 bits per heavy atom. The van der Waals surface area contributed by atoms with Crippen molar-refractivity contribution in [1.29, 1.82) is 0 Å². The van der Waals surface area contributed by atoms with Crippen LogP contribution in [0.25, 0.3) is 0 Å². The Morgan fingerprint density at radius 3 is 2.46 bits per heavy atom. The maximum Gasteiger partial charge on any atom is 0.234 e. The summed E-state index contributed by atoms with van der Waals surface area (Å²) in [6.07, 6.45) is 2.46. The monoisotopic (exact) mass is 418 g/mol. The molecule has 4 rings (SSSR count). The maximum atomic E-state index is 13.5. The average molecular weight is 419 g/mol. The average Bonchev–Trinajstić information content (AvgIpc) is 3.21. The highest BCUT2D eigenvalue weighted by Crippen LogP contribution is 2.42. The lowest BCUT2D eigenvalue weighted by molar-refractivity contribution is -0.134. The van der Waals surface area contributed by atoms with Crippen molar-refractivity contribution in [3.63, 3.8) is 0 Å². The van der Waals surface area contributed by atoms with Crippen LogP contribution in [0.15, 0.2) is 36.4 Å². The van der Waals surface area contributed by atoms with Gasteiger partial charge in [0.05, 0.1) is 29.1 Å². The van der Waals surface area contributed by atoms with E-state index < -0.39 is 5.92 Å². The van der Waals surface area contributed by atoms with Crippen LogP contribution in [-0.4, -0.2) is 49.5 Å². The first-order valence-corrected chi connectivity index (χ1v) is 10.4. The number of nitrogens with zero attached hydrogens (tertiary/aromatic N) is 2. The van der Waals surface area contributed by atoms with Crippen LogP contribution in [0, 0.1) is 0 Å². The SMILES string of the molecule is COc1ccc2c(c1)C(c1ccc(Cl)c(Cl)c1)C(=O)N(C)C2CN1CCCC1. The topological polar surface area (TPSA) is 32.8 Å². The van der Waals surface area contributed by atoms with E-state index in [0.29, 0.717) is 10.0 Å². The van der Waals surface area contributed by atoms with E-state index in [0.717, 1.165) is 36.5 Å². The zero-order chi connectivity index (χ0) is 19.8. The molecule has 6 heteroatoms. The van der Waals surface area contributed by atoms with Crippen molar-refractivity contribution in [3.05, 3.63) is 63.1 Å². The van der Waals surface area contributed by atoms with Gasteiger partial charge in [-0.25, -0.2) is 0 Å². The second-order valence-corrected chi connectivity index (χ2v) is 8.39. The minimum Gasteiger partial charge on any atom is -0.497 e. The lowest BCUT2D eigenvalue weighted by Crippen LogP contribution is -2.45. The van der Waals surface area contributed by atoms with Gasteiger partial charge >= 0.3 is 0 Å². The number of amides is 1. The normalized spacial score (nSPS) is 22.4. The molecule has 148 valence electrons. The third-order valence-corrected chi connectivity index (χ3v) is 6.67. The summed E-state index contributed by atoms with van der Waals surface area (Å²) in [4.78, 5) is 17.8. The molecule has 2 aliphatic heterocycles. The van der Waals surface area contributed by atoms with Gasteiger partial charge in [0, 0.05) is 13.6 Å². The second kappa shape index (κ2) is 7.94. The number of benzene rings is 2. The Bertz CT molecular complexity index is 896. The third kappa shape index (κ3) is 3.49. The minimum atomic E-state index is -0.417. The molecule has 2 aliphatic rings. The minimum absolute atomic E-state index is 0.0329. The van der Waals surface area contributed by atoms with Gasteiger partial charge in [-0.3, -0.25) is 4.79 Å². The molecule has 2 aromatic carbocycles. The zero-order valence-electron chi connectivity index (χ0n) is 16.1. The van der Waals surface area contributed by atoms with Crippen LogP contribution in [0.1, 0.15) is 41.5 Å². The summed E-state index contributed by atoms with van der Waals surface area (Å²) < 4.78 is 5.46. The number of likely N-dealkylation sites (N-methyl/N-ethyl adjacent to an activating group) is 1. The third-order valence-electron chi connectivity index (χ3n) is 5.93. The number of fused-ring (bicyclic) bond motifs is 1. The van der Waals surface area contributed by atoms with Crippen molar-refractivity contribution < 1.29 is 9.53 Å². The summed E-state index contributed by atoms with van der Waals surface area (Å²) in [6.45, 7) is 3.05. The lowest BCUT2D eigenvalue weighted by atomic mass is 9.80. The Balaban J connectivity index is 1.80. The molecule has 0 aromatic heterocycles. The lowest BCUT2D eigenvalue weighted by Gasteiger charge is -2.40. The molecular formula is C22H24Cl2N2O2. The number of methoxy groups -OCH3 is 1. The molecule has 2 unspecified atom stereocenters. The van der Waals surface area contributed by atoms with Gasteiger partial charge in [-0.15, -0.1) is 0 Å². The van der Waals surface area contributed by atoms with E-state index in [9.17, 15) is 4.79 Å². The van der Waals surface area contributed by atoms with E-state index in [1.807, 2.05) is 30.1 Å². The highest BCUT2D eigenvalue weighted by molar-refractivity contribution is 6.42. The van der Waals surface area contributed by atoms with Gasteiger partial charge in [0.25, 0.3) is 0 Å². The highest BCUT2D eigenvalue weighted by atomic mass is 35.5. The van der Waals surface area contributed by atoms with Gasteiger partial charge < -0.3 is 14.5 Å². The summed E-state index contributed by atoms with van der Waals surface area (Å²) >= 11 is 12.4. The van der Waals surface area contributed by atoms with Crippen LogP contribution in [0.3, 0.4) is 0 Å². The van der Waals surface area contributed by atoms with Crippen LogP contribution >= 0.6 is 23.2 Å². The van der Waals surface area contributed by atoms with Crippen LogP contribution in [0.4, 0.5) is 0 Å². The molecular weight excluding hydrogens is 395 g/mol. The summed E-state index contributed by atoms with van der Waals surface area (Å²) in [6, 6.07) is 11.5. The van der Waals surface area contributed by atoms with Gasteiger partial charge in [0.2, 0.25) is 5.91 Å². The molecule has 1 fully saturated rings. The Hall–Kier alpha value is -1.75. The van der Waals surface area contributed by atoms with Gasteiger partial charge in [0.1, 0.15) is 5.75 Å². The molecule has 2 aromatic rings. The summed E-state index contributed by atoms with van der Waals surface area (Å²) in [5.41, 5.74) is 3.01. The van der Waals surface area contributed by atoms with E-state index in [4.69, 9.17) is 27.9 Å². The van der Waals surface area contributed by atoms with Gasteiger partial charge in [-0.05, 0) is 66.9 Å². The van der Waals surface area contributed by atoms with E-state index in [2.05, 4.69) is 11.0 Å². The first-order valence-electron chi connectivity index (χ1n) is 9.61. The molecule has 0 radical (unpaired) electrons. The highest BCUT2D eigenvalue weighted by Gasteiger charge is 2.39. The molecule has 0 bridgehead atoms. The van der Waals surface area contributed by atoms with Crippen LogP contribution in [-0.2, 0) is 4.79 Å². The van der Waals surface area contributed by atoms with Gasteiger partial charge in [-0.2, -0.15) is 0 Å². The largest absolute Gasteiger partial charge is 0.497 e. The number of carbonyl (C=O) groups excluding carboxylic acids is 1. The number of hydrogen-bond acceptors (Lipinski definition) is 3. The number of likely N-dealkylation sites (tertiary alicyclic amines) is 1. The molecule has 0 N–H and O–H groups in total. The number of halogens is 2. The molecule has 28 heavy (non-hydrogen) atoms. The Morgan fingerprint density at radius 1 is 1.04 bits per heavy atom. The Labute approximate surface area is 176 Å². The van der Waals surface area contributed by atoms with Crippen molar-refractivity contribution in [1.82, 2.24) is 9.80 Å². The number of carbonyl (C=O) groups is 1. The number of ether oxygens (including phenoxy) is 1. The molecule has 0 saturated carbocycles. The smallest absolute Gasteiger partial charge is 0.234 e. The molecule has 0 spiro atoms. The zero-order valence-corrected chi connectivity index (χ0v) is 17.6. The van der Waals surface area contributed by atoms with E-state index in [-0.39, 0.29) is 11.9 Å². The molecule has 1 saturated heterocycles. The van der Waals surface area contributed by atoms with Crippen molar-refractivity contribution in [3.8, 4) is 5.75 Å². The van der Waals surface area contributed by atoms with Crippen LogP contribution in [0.2, 0.25) is 10.0 Å². The molecule has 2 atom stereocenters. The molecule has 4 nitrogen and oxygen atoms in total. The van der Waals surface area contributed by atoms with Crippen LogP contribution in [0.5, 0.6) is 5.75 Å². The predicted octanol–water partition coefficient (Wildman–Crippen LogP) is 4.74. The second-order valence-electron chi connectivity index (χ2n) is 7.57. The number of hydrogen-bond donors (Lipinski definition) is 0. The summed E-state index contributed by atoms with van der Waals surface area (Å²) in [7, 11) is 3.55. The van der Waals surface area contributed by atoms with Crippen LogP contribution < -0.4 is 4.74 Å². The fraction of sp³-hybridized carbons (Fsp3) is 0.409. The van der Waals surface area contributed by atoms with Gasteiger partial charge in [0.15, 0.2) is 0 Å². The number of rotatable bonds is 4. The summed E-state index contributed by atoms with van der Waals surface area (Å²) in [5.74, 6) is 0.407. The van der Waals surface area contributed by atoms with E-state index in [1.54, 1.807) is 19.2 Å². The van der Waals surface area contributed by atoms with E-state index in [1.165, 1.54) is 18.4 Å². The molecule has 2 heterocycles. The molecule has 1 amide bonds. The Kier molecular flexibility index (Phi) is 5.55. The quantitative estimate of drug-likeness (QED) is 0.718. The van der Waals surface area contributed by atoms with Crippen molar-refractivity contribution in [2.45, 2.75) is 24.8 Å². The van der Waals surface area contributed by atoms with E-state index >= 15 is 0 Å². The van der Waals surface area contributed by atoms with Gasteiger partial charge in [-0.1, -0.05) is 35.3 Å².